The van der Waals surface area contributed by atoms with Crippen LogP contribution < -0.4 is 4.89 Å². The van der Waals surface area contributed by atoms with E-state index in [9.17, 15) is 4.79 Å². The molecule has 1 aliphatic heterocycles. The van der Waals surface area contributed by atoms with E-state index in [-0.39, 0.29) is 0 Å². The summed E-state index contributed by atoms with van der Waals surface area (Å²) in [6, 6.07) is 6.36. The van der Waals surface area contributed by atoms with Crippen LogP contribution in [0, 0.1) is 0 Å². The topological polar surface area (TPSA) is 35.5 Å². The maximum atomic E-state index is 10.2. The molecule has 0 saturated carbocycles. The molecule has 2 rings (SSSR count). The van der Waals surface area contributed by atoms with Crippen molar-refractivity contribution in [3.05, 3.63) is 41.5 Å². The Morgan fingerprint density at radius 3 is 3.00 bits per heavy atom. The fourth-order valence-corrected chi connectivity index (χ4v) is 2.25. The van der Waals surface area contributed by atoms with Crippen molar-refractivity contribution in [1.82, 2.24) is 0 Å². The number of allylic oxidation sites excluding steroid dienone is 2. The first-order valence-corrected chi connectivity index (χ1v) is 7.40. The number of carbonyl (C=O) groups excluding carboxylic acids is 1. The van der Waals surface area contributed by atoms with Crippen molar-refractivity contribution < 1.29 is 14.6 Å². The highest BCUT2D eigenvalue weighted by molar-refractivity contribution is 5.49. The molecule has 0 N–H and O–H groups in total. The number of aldehydes is 1. The predicted molar refractivity (Wildman–Crippen MR) is 78.7 cm³/mol. The molecule has 0 fully saturated rings. The van der Waals surface area contributed by atoms with E-state index in [0.717, 1.165) is 50.6 Å². The Morgan fingerprint density at radius 1 is 1.15 bits per heavy atom. The lowest BCUT2D eigenvalue weighted by Crippen LogP contribution is -2.06. The molecule has 3 heteroatoms. The predicted octanol–water partition coefficient (Wildman–Crippen LogP) is 3.80. The normalized spacial score (nSPS) is 15.2. The first-order valence-electron chi connectivity index (χ1n) is 7.40. The molecule has 1 aliphatic rings. The molecule has 0 bridgehead atoms. The van der Waals surface area contributed by atoms with E-state index in [1.807, 2.05) is 0 Å². The third-order valence-corrected chi connectivity index (χ3v) is 3.42. The second kappa shape index (κ2) is 8.54. The van der Waals surface area contributed by atoms with Gasteiger partial charge >= 0.3 is 0 Å². The van der Waals surface area contributed by atoms with Crippen LogP contribution in [-0.2, 0) is 22.5 Å². The van der Waals surface area contributed by atoms with Gasteiger partial charge in [-0.25, -0.2) is 0 Å². The zero-order chi connectivity index (χ0) is 14.0. The van der Waals surface area contributed by atoms with Gasteiger partial charge in [0.15, 0.2) is 5.75 Å². The Labute approximate surface area is 120 Å². The first-order chi connectivity index (χ1) is 9.90. The summed E-state index contributed by atoms with van der Waals surface area (Å²) >= 11 is 0. The zero-order valence-electron chi connectivity index (χ0n) is 11.8. The minimum Gasteiger partial charge on any atom is -0.337 e. The standard InChI is InChI=1S/C17H22O3/c18-12-6-3-1-2-4-8-15-10-11-16-9-5-7-13-19-20-17(16)14-15/h2,4,10-12,14H,1,3,5-9,13H2/b4-2+. The molecule has 0 radical (unpaired) electrons. The number of rotatable bonds is 6. The monoisotopic (exact) mass is 274 g/mol. The maximum Gasteiger partial charge on any atom is 0.168 e. The second-order valence-electron chi connectivity index (χ2n) is 5.08. The van der Waals surface area contributed by atoms with Crippen molar-refractivity contribution in [2.45, 2.75) is 44.9 Å². The molecular formula is C17H22O3. The van der Waals surface area contributed by atoms with Gasteiger partial charge in [0.25, 0.3) is 0 Å². The fourth-order valence-electron chi connectivity index (χ4n) is 2.25. The summed E-state index contributed by atoms with van der Waals surface area (Å²) in [4.78, 5) is 20.7. The Morgan fingerprint density at radius 2 is 2.10 bits per heavy atom. The molecule has 3 nitrogen and oxygen atoms in total. The molecule has 0 aromatic heterocycles. The van der Waals surface area contributed by atoms with E-state index in [1.165, 1.54) is 11.1 Å². The summed E-state index contributed by atoms with van der Waals surface area (Å²) in [6.45, 7) is 0.667. The van der Waals surface area contributed by atoms with Crippen molar-refractivity contribution in [2.75, 3.05) is 6.61 Å². The van der Waals surface area contributed by atoms with Crippen LogP contribution in [0.15, 0.2) is 30.4 Å². The summed E-state index contributed by atoms with van der Waals surface area (Å²) in [5, 5.41) is 0. The molecular weight excluding hydrogens is 252 g/mol. The largest absolute Gasteiger partial charge is 0.337 e. The van der Waals surface area contributed by atoms with Crippen LogP contribution in [0.4, 0.5) is 0 Å². The highest BCUT2D eigenvalue weighted by Crippen LogP contribution is 2.25. The van der Waals surface area contributed by atoms with Crippen molar-refractivity contribution >= 4 is 6.29 Å². The molecule has 0 spiro atoms. The summed E-state index contributed by atoms with van der Waals surface area (Å²) < 4.78 is 0. The lowest BCUT2D eigenvalue weighted by molar-refractivity contribution is -0.209. The molecule has 0 unspecified atom stereocenters. The van der Waals surface area contributed by atoms with Gasteiger partial charge in [0.05, 0.1) is 6.61 Å². The van der Waals surface area contributed by atoms with Gasteiger partial charge in [-0.15, -0.1) is 0 Å². The van der Waals surface area contributed by atoms with E-state index in [1.54, 1.807) is 0 Å². The van der Waals surface area contributed by atoms with Gasteiger partial charge in [-0.05, 0) is 55.7 Å². The van der Waals surface area contributed by atoms with Crippen LogP contribution in [0.25, 0.3) is 0 Å². The summed E-state index contributed by atoms with van der Waals surface area (Å²) in [5.41, 5.74) is 2.45. The average Bonchev–Trinajstić information content (AvgIpc) is 2.44. The Balaban J connectivity index is 1.89. The molecule has 20 heavy (non-hydrogen) atoms. The zero-order valence-corrected chi connectivity index (χ0v) is 11.8. The molecule has 1 aromatic carbocycles. The third kappa shape index (κ3) is 4.82. The van der Waals surface area contributed by atoms with Crippen LogP contribution in [0.3, 0.4) is 0 Å². The minimum atomic E-state index is 0.647. The van der Waals surface area contributed by atoms with Gasteiger partial charge in [0.2, 0.25) is 0 Å². The smallest absolute Gasteiger partial charge is 0.168 e. The van der Waals surface area contributed by atoms with Gasteiger partial charge in [-0.2, -0.15) is 4.89 Å². The number of carbonyl (C=O) groups is 1. The van der Waals surface area contributed by atoms with Gasteiger partial charge in [-0.1, -0.05) is 24.3 Å². The first kappa shape index (κ1) is 14.8. The molecule has 0 saturated heterocycles. The number of fused-ring (bicyclic) bond motifs is 1. The second-order valence-corrected chi connectivity index (χ2v) is 5.08. The van der Waals surface area contributed by atoms with Crippen molar-refractivity contribution in [3.63, 3.8) is 0 Å². The van der Waals surface area contributed by atoms with Gasteiger partial charge < -0.3 is 9.68 Å². The van der Waals surface area contributed by atoms with Crippen molar-refractivity contribution in [3.8, 4) is 5.75 Å². The number of benzene rings is 1. The third-order valence-electron chi connectivity index (χ3n) is 3.42. The van der Waals surface area contributed by atoms with Gasteiger partial charge in [-0.3, -0.25) is 0 Å². The SMILES string of the molecule is O=CCCC/C=C/Cc1ccc2c(c1)OOCCCC2. The Bertz CT molecular complexity index is 452. The average molecular weight is 274 g/mol. The van der Waals surface area contributed by atoms with Gasteiger partial charge in [0, 0.05) is 6.42 Å². The molecule has 0 aliphatic carbocycles. The highest BCUT2D eigenvalue weighted by atomic mass is 17.2. The number of aryl methyl sites for hydroxylation is 1. The van der Waals surface area contributed by atoms with Crippen LogP contribution in [0.2, 0.25) is 0 Å². The molecule has 1 aromatic rings. The summed E-state index contributed by atoms with van der Waals surface area (Å²) in [6.07, 6.45) is 11.9. The molecule has 1 heterocycles. The van der Waals surface area contributed by atoms with E-state index < -0.39 is 0 Å². The van der Waals surface area contributed by atoms with E-state index in [4.69, 9.17) is 9.78 Å². The fraction of sp³-hybridized carbons (Fsp3) is 0.471. The summed E-state index contributed by atoms with van der Waals surface area (Å²) in [5.74, 6) is 0.858. The van der Waals surface area contributed by atoms with E-state index in [0.29, 0.717) is 13.0 Å². The lowest BCUT2D eigenvalue weighted by atomic mass is 10.0. The van der Waals surface area contributed by atoms with Crippen molar-refractivity contribution in [1.29, 1.82) is 0 Å². The van der Waals surface area contributed by atoms with Crippen LogP contribution in [-0.4, -0.2) is 12.9 Å². The van der Waals surface area contributed by atoms with Crippen LogP contribution >= 0.6 is 0 Å². The minimum absolute atomic E-state index is 0.647. The Kier molecular flexibility index (Phi) is 6.32. The van der Waals surface area contributed by atoms with E-state index >= 15 is 0 Å². The highest BCUT2D eigenvalue weighted by Gasteiger charge is 2.09. The molecule has 0 atom stereocenters. The summed E-state index contributed by atoms with van der Waals surface area (Å²) in [7, 11) is 0. The number of hydrogen-bond donors (Lipinski definition) is 0. The van der Waals surface area contributed by atoms with Gasteiger partial charge in [0.1, 0.15) is 6.29 Å². The molecule has 0 amide bonds. The van der Waals surface area contributed by atoms with Crippen LogP contribution in [0.1, 0.15) is 43.2 Å². The maximum absolute atomic E-state index is 10.2. The van der Waals surface area contributed by atoms with E-state index in [2.05, 4.69) is 30.4 Å². The van der Waals surface area contributed by atoms with Crippen molar-refractivity contribution in [2.24, 2.45) is 0 Å². The van der Waals surface area contributed by atoms with Crippen LogP contribution in [0.5, 0.6) is 5.75 Å². The number of hydrogen-bond acceptors (Lipinski definition) is 3. The lowest BCUT2D eigenvalue weighted by Gasteiger charge is -2.14. The Hall–Kier alpha value is -1.61. The number of unbranched alkanes of at least 4 members (excludes halogenated alkanes) is 2. The quantitative estimate of drug-likeness (QED) is 0.342. The molecule has 108 valence electrons.